The molecule has 1 N–H and O–H groups in total. The van der Waals surface area contributed by atoms with Gasteiger partial charge in [0.05, 0.1) is 5.60 Å². The van der Waals surface area contributed by atoms with Crippen LogP contribution < -0.4 is 5.32 Å². The van der Waals surface area contributed by atoms with E-state index in [0.29, 0.717) is 0 Å². The van der Waals surface area contributed by atoms with Gasteiger partial charge < -0.3 is 14.8 Å². The molecule has 1 unspecified atom stereocenters. The van der Waals surface area contributed by atoms with E-state index in [1.807, 2.05) is 0 Å². The molecular formula is C12H23NO3. The fraction of sp³-hybridized carbons (Fsp3) is 0.917. The van der Waals surface area contributed by atoms with Gasteiger partial charge in [0.2, 0.25) is 5.91 Å². The van der Waals surface area contributed by atoms with Crippen molar-refractivity contribution in [3.05, 3.63) is 0 Å². The molecule has 1 heterocycles. The second-order valence-corrected chi connectivity index (χ2v) is 4.43. The lowest BCUT2D eigenvalue weighted by atomic mass is 9.86. The van der Waals surface area contributed by atoms with Crippen molar-refractivity contribution in [2.75, 3.05) is 20.3 Å². The van der Waals surface area contributed by atoms with Crippen LogP contribution in [0.2, 0.25) is 0 Å². The Balaban J connectivity index is 2.47. The van der Waals surface area contributed by atoms with Crippen molar-refractivity contribution >= 4 is 5.91 Å². The maximum Gasteiger partial charge on any atom is 0.246 e. The predicted molar refractivity (Wildman–Crippen MR) is 62.3 cm³/mol. The maximum absolute atomic E-state index is 11.4. The van der Waals surface area contributed by atoms with Crippen LogP contribution in [0, 0.1) is 0 Å². The zero-order valence-corrected chi connectivity index (χ0v) is 10.5. The summed E-state index contributed by atoms with van der Waals surface area (Å²) in [5.41, 5.74) is -0.0384. The molecule has 0 saturated carbocycles. The van der Waals surface area contributed by atoms with E-state index < -0.39 is 0 Å². The number of rotatable bonds is 5. The highest BCUT2D eigenvalue weighted by Crippen LogP contribution is 2.31. The van der Waals surface area contributed by atoms with Crippen LogP contribution in [0.1, 0.15) is 39.5 Å². The third-order valence-electron chi connectivity index (χ3n) is 3.42. The molecular weight excluding hydrogens is 206 g/mol. The minimum Gasteiger partial charge on any atom is -0.375 e. The van der Waals surface area contributed by atoms with E-state index >= 15 is 0 Å². The summed E-state index contributed by atoms with van der Waals surface area (Å²) in [7, 11) is 1.53. The summed E-state index contributed by atoms with van der Waals surface area (Å²) >= 11 is 0. The van der Waals surface area contributed by atoms with Crippen molar-refractivity contribution < 1.29 is 14.3 Å². The highest BCUT2D eigenvalue weighted by Gasteiger charge is 2.34. The molecule has 16 heavy (non-hydrogen) atoms. The summed E-state index contributed by atoms with van der Waals surface area (Å²) in [4.78, 5) is 11.4. The molecule has 0 aromatic rings. The van der Waals surface area contributed by atoms with E-state index in [2.05, 4.69) is 19.2 Å². The van der Waals surface area contributed by atoms with Crippen LogP contribution in [0.5, 0.6) is 0 Å². The monoisotopic (exact) mass is 229 g/mol. The zero-order chi connectivity index (χ0) is 12.0. The van der Waals surface area contributed by atoms with Crippen LogP contribution in [-0.2, 0) is 14.3 Å². The van der Waals surface area contributed by atoms with Gasteiger partial charge in [0.15, 0.2) is 0 Å². The van der Waals surface area contributed by atoms with Crippen LogP contribution in [0.25, 0.3) is 0 Å². The molecule has 0 radical (unpaired) electrons. The van der Waals surface area contributed by atoms with Crippen molar-refractivity contribution in [1.29, 1.82) is 0 Å². The molecule has 0 aliphatic carbocycles. The molecule has 4 nitrogen and oxygen atoms in total. The summed E-state index contributed by atoms with van der Waals surface area (Å²) < 4.78 is 10.7. The minimum atomic E-state index is -0.0384. The molecule has 0 bridgehead atoms. The summed E-state index contributed by atoms with van der Waals surface area (Å²) in [6, 6.07) is 0.233. The number of hydrogen-bond acceptors (Lipinski definition) is 3. The van der Waals surface area contributed by atoms with Gasteiger partial charge in [-0.1, -0.05) is 13.8 Å². The third kappa shape index (κ3) is 3.46. The molecule has 0 spiro atoms. The van der Waals surface area contributed by atoms with E-state index in [4.69, 9.17) is 9.47 Å². The number of carbonyl (C=O) groups is 1. The maximum atomic E-state index is 11.4. The van der Waals surface area contributed by atoms with Crippen molar-refractivity contribution in [3.63, 3.8) is 0 Å². The summed E-state index contributed by atoms with van der Waals surface area (Å²) in [5, 5.41) is 3.00. The van der Waals surface area contributed by atoms with Crippen molar-refractivity contribution in [3.8, 4) is 0 Å². The van der Waals surface area contributed by atoms with Gasteiger partial charge in [-0.25, -0.2) is 0 Å². The van der Waals surface area contributed by atoms with Gasteiger partial charge in [0.1, 0.15) is 6.61 Å². The van der Waals surface area contributed by atoms with Crippen molar-refractivity contribution in [2.24, 2.45) is 0 Å². The van der Waals surface area contributed by atoms with Crippen molar-refractivity contribution in [1.82, 2.24) is 5.32 Å². The van der Waals surface area contributed by atoms with E-state index in [1.165, 1.54) is 7.11 Å². The first-order chi connectivity index (χ1) is 7.65. The van der Waals surface area contributed by atoms with Gasteiger partial charge in [-0.05, 0) is 25.7 Å². The Labute approximate surface area is 97.7 Å². The first-order valence-electron chi connectivity index (χ1n) is 6.08. The molecule has 1 atom stereocenters. The fourth-order valence-corrected chi connectivity index (χ4v) is 2.29. The average molecular weight is 229 g/mol. The summed E-state index contributed by atoms with van der Waals surface area (Å²) in [5.74, 6) is -0.0319. The molecule has 1 rings (SSSR count). The minimum absolute atomic E-state index is 0.0319. The van der Waals surface area contributed by atoms with Gasteiger partial charge in [-0.2, -0.15) is 0 Å². The number of carbonyl (C=O) groups excluding carboxylic acids is 1. The Hall–Kier alpha value is -0.610. The number of methoxy groups -OCH3 is 1. The number of ether oxygens (including phenoxy) is 2. The quantitative estimate of drug-likeness (QED) is 0.777. The Morgan fingerprint density at radius 3 is 2.75 bits per heavy atom. The molecule has 94 valence electrons. The first kappa shape index (κ1) is 13.5. The molecule has 1 aliphatic rings. The number of amides is 1. The van der Waals surface area contributed by atoms with Gasteiger partial charge in [0.25, 0.3) is 0 Å². The summed E-state index contributed by atoms with van der Waals surface area (Å²) in [6.45, 7) is 5.16. The van der Waals surface area contributed by atoms with Crippen LogP contribution in [0.3, 0.4) is 0 Å². The Morgan fingerprint density at radius 2 is 2.19 bits per heavy atom. The van der Waals surface area contributed by atoms with Gasteiger partial charge in [-0.3, -0.25) is 4.79 Å². The highest BCUT2D eigenvalue weighted by molar-refractivity contribution is 5.77. The van der Waals surface area contributed by atoms with Crippen LogP contribution >= 0.6 is 0 Å². The molecule has 1 aliphatic heterocycles. The van der Waals surface area contributed by atoms with Crippen molar-refractivity contribution in [2.45, 2.75) is 51.2 Å². The second-order valence-electron chi connectivity index (χ2n) is 4.43. The Morgan fingerprint density at radius 1 is 1.50 bits per heavy atom. The van der Waals surface area contributed by atoms with Crippen LogP contribution in [0.4, 0.5) is 0 Å². The SMILES string of the molecule is CCC1(CC)CC(NC(=O)COC)CCO1. The van der Waals surface area contributed by atoms with Crippen LogP contribution in [0.15, 0.2) is 0 Å². The lowest BCUT2D eigenvalue weighted by Crippen LogP contribution is -2.48. The third-order valence-corrected chi connectivity index (χ3v) is 3.42. The lowest BCUT2D eigenvalue weighted by Gasteiger charge is -2.40. The summed E-state index contributed by atoms with van der Waals surface area (Å²) in [6.07, 6.45) is 3.81. The average Bonchev–Trinajstić information content (AvgIpc) is 2.29. The molecule has 1 amide bonds. The molecule has 0 aromatic heterocycles. The smallest absolute Gasteiger partial charge is 0.246 e. The number of nitrogens with one attached hydrogen (secondary N) is 1. The standard InChI is InChI=1S/C12H23NO3/c1-4-12(5-2)8-10(6-7-16-12)13-11(14)9-15-3/h10H,4-9H2,1-3H3,(H,13,14). The normalized spacial score (nSPS) is 24.1. The largest absolute Gasteiger partial charge is 0.375 e. The first-order valence-corrected chi connectivity index (χ1v) is 6.08. The second kappa shape index (κ2) is 6.21. The van der Waals surface area contributed by atoms with E-state index in [1.54, 1.807) is 0 Å². The predicted octanol–water partition coefficient (Wildman–Crippen LogP) is 1.49. The van der Waals surface area contributed by atoms with Gasteiger partial charge in [0, 0.05) is 19.8 Å². The Bertz CT molecular complexity index is 226. The zero-order valence-electron chi connectivity index (χ0n) is 10.5. The molecule has 4 heteroatoms. The fourth-order valence-electron chi connectivity index (χ4n) is 2.29. The molecule has 1 fully saturated rings. The molecule has 0 aromatic carbocycles. The molecule has 1 saturated heterocycles. The topological polar surface area (TPSA) is 47.6 Å². The van der Waals surface area contributed by atoms with E-state index in [0.717, 1.165) is 32.3 Å². The van der Waals surface area contributed by atoms with Gasteiger partial charge >= 0.3 is 0 Å². The van der Waals surface area contributed by atoms with Gasteiger partial charge in [-0.15, -0.1) is 0 Å². The van der Waals surface area contributed by atoms with Crippen LogP contribution in [-0.4, -0.2) is 37.9 Å². The highest BCUT2D eigenvalue weighted by atomic mass is 16.5. The van der Waals surface area contributed by atoms with E-state index in [-0.39, 0.29) is 24.2 Å². The Kier molecular flexibility index (Phi) is 5.22. The number of hydrogen-bond donors (Lipinski definition) is 1. The lowest BCUT2D eigenvalue weighted by molar-refractivity contribution is -0.129. The van der Waals surface area contributed by atoms with E-state index in [9.17, 15) is 4.79 Å².